The number of nitrogens with zero attached hydrogens (tertiary/aromatic N) is 2. The number of nitrogens with one attached hydrogen (secondary N) is 1. The second kappa shape index (κ2) is 6.10. The Morgan fingerprint density at radius 1 is 1.12 bits per heavy atom. The van der Waals surface area contributed by atoms with E-state index in [9.17, 15) is 14.0 Å². The summed E-state index contributed by atoms with van der Waals surface area (Å²) in [5.74, 6) is -0.931. The Morgan fingerprint density at radius 2 is 1.85 bits per heavy atom. The summed E-state index contributed by atoms with van der Waals surface area (Å²) in [4.78, 5) is 31.3. The van der Waals surface area contributed by atoms with Gasteiger partial charge < -0.3 is 10.2 Å². The van der Waals surface area contributed by atoms with E-state index < -0.39 is 0 Å². The minimum atomic E-state index is -0.359. The maximum Gasteiger partial charge on any atom is 0.264 e. The van der Waals surface area contributed by atoms with Crippen LogP contribution in [0.4, 0.5) is 15.8 Å². The number of fused-ring (bicyclic) bond motifs is 1. The highest BCUT2D eigenvalue weighted by atomic mass is 32.2. The van der Waals surface area contributed by atoms with Crippen molar-refractivity contribution >= 4 is 45.7 Å². The first-order valence-corrected chi connectivity index (χ1v) is 8.72. The third kappa shape index (κ3) is 2.70. The number of anilines is 1. The summed E-state index contributed by atoms with van der Waals surface area (Å²) in [6, 6.07) is 11.4. The van der Waals surface area contributed by atoms with Crippen LogP contribution in [0, 0.1) is 12.7 Å². The largest absolute Gasteiger partial charge is 0.311 e. The summed E-state index contributed by atoms with van der Waals surface area (Å²) in [5.41, 5.74) is 3.44. The van der Waals surface area contributed by atoms with Gasteiger partial charge in [-0.1, -0.05) is 11.6 Å². The summed E-state index contributed by atoms with van der Waals surface area (Å²) >= 11 is 1.12. The average Bonchev–Trinajstić information content (AvgIpc) is 3.07. The minimum Gasteiger partial charge on any atom is -0.311 e. The fraction of sp³-hybridized carbons (Fsp3) is 0.105. The number of rotatable bonds is 1. The molecule has 4 rings (SSSR count). The van der Waals surface area contributed by atoms with Crippen LogP contribution in [-0.2, 0) is 9.59 Å². The highest BCUT2D eigenvalue weighted by Gasteiger charge is 2.38. The number of benzene rings is 2. The smallest absolute Gasteiger partial charge is 0.264 e. The average molecular weight is 367 g/mol. The molecule has 1 saturated heterocycles. The Bertz CT molecular complexity index is 1010. The summed E-state index contributed by atoms with van der Waals surface area (Å²) in [7, 11) is 1.69. The number of hydrogen-bond donors (Lipinski definition) is 1. The first-order chi connectivity index (χ1) is 12.4. The number of likely N-dealkylation sites (N-methyl/N-ethyl adjacent to an activating group) is 1. The topological polar surface area (TPSA) is 61.8 Å². The van der Waals surface area contributed by atoms with Crippen LogP contribution in [0.25, 0.3) is 5.57 Å². The van der Waals surface area contributed by atoms with E-state index in [0.717, 1.165) is 28.6 Å². The maximum atomic E-state index is 13.0. The normalized spacial score (nSPS) is 20.7. The molecule has 0 aliphatic carbocycles. The number of amides is 2. The molecule has 2 aliphatic rings. The zero-order valence-electron chi connectivity index (χ0n) is 14.0. The lowest BCUT2D eigenvalue weighted by Gasteiger charge is -2.08. The standard InChI is InChI=1S/C19H14FN3O2S/c1-10-3-8-14-13(9-10)15(18(25)23(14)2)16-17(24)22-19(26-16)21-12-6-4-11(20)5-7-12/h3-9H,1-2H3,(H,21,22,24)/b16-15+. The third-order valence-corrected chi connectivity index (χ3v) is 5.19. The zero-order valence-corrected chi connectivity index (χ0v) is 14.9. The van der Waals surface area contributed by atoms with E-state index in [0.29, 0.717) is 21.3 Å². The van der Waals surface area contributed by atoms with Crippen LogP contribution in [-0.4, -0.2) is 24.0 Å². The summed E-state index contributed by atoms with van der Waals surface area (Å²) in [6.07, 6.45) is 0. The van der Waals surface area contributed by atoms with Crippen molar-refractivity contribution in [3.05, 3.63) is 64.3 Å². The predicted octanol–water partition coefficient (Wildman–Crippen LogP) is 3.37. The first-order valence-electron chi connectivity index (χ1n) is 7.91. The fourth-order valence-electron chi connectivity index (χ4n) is 2.92. The van der Waals surface area contributed by atoms with Crippen molar-refractivity contribution in [3.8, 4) is 0 Å². The molecule has 1 fully saturated rings. The Balaban J connectivity index is 1.76. The molecule has 0 unspecified atom stereocenters. The van der Waals surface area contributed by atoms with Crippen molar-refractivity contribution < 1.29 is 14.0 Å². The highest BCUT2D eigenvalue weighted by molar-refractivity contribution is 8.18. The number of aryl methyl sites for hydroxylation is 1. The quantitative estimate of drug-likeness (QED) is 0.786. The number of carbonyl (C=O) groups excluding carboxylic acids is 2. The van der Waals surface area contributed by atoms with Gasteiger partial charge in [0.25, 0.3) is 11.8 Å². The highest BCUT2D eigenvalue weighted by Crippen LogP contribution is 2.42. The van der Waals surface area contributed by atoms with Crippen molar-refractivity contribution in [2.75, 3.05) is 11.9 Å². The lowest BCUT2D eigenvalue weighted by molar-refractivity contribution is -0.116. The molecule has 2 amide bonds. The lowest BCUT2D eigenvalue weighted by Crippen LogP contribution is -2.23. The number of amidine groups is 1. The number of thioether (sulfide) groups is 1. The first kappa shape index (κ1) is 16.5. The maximum absolute atomic E-state index is 13.0. The van der Waals surface area contributed by atoms with E-state index >= 15 is 0 Å². The molecule has 0 bridgehead atoms. The van der Waals surface area contributed by atoms with Crippen LogP contribution < -0.4 is 10.2 Å². The summed E-state index contributed by atoms with van der Waals surface area (Å²) in [6.45, 7) is 1.94. The van der Waals surface area contributed by atoms with Crippen LogP contribution in [0.15, 0.2) is 52.4 Å². The minimum absolute atomic E-state index is 0.216. The SMILES string of the molecule is Cc1ccc2c(c1)/C(=C1\SC(=Nc3ccc(F)cc3)NC1=O)C(=O)N2C. The molecule has 2 heterocycles. The van der Waals surface area contributed by atoms with Gasteiger partial charge in [0.15, 0.2) is 5.17 Å². The Kier molecular flexibility index (Phi) is 3.88. The lowest BCUT2D eigenvalue weighted by atomic mass is 10.0. The molecule has 0 atom stereocenters. The van der Waals surface area contributed by atoms with Gasteiger partial charge in [-0.15, -0.1) is 0 Å². The van der Waals surface area contributed by atoms with E-state index in [1.54, 1.807) is 11.9 Å². The zero-order chi connectivity index (χ0) is 18.4. The fourth-order valence-corrected chi connectivity index (χ4v) is 3.86. The second-order valence-corrected chi connectivity index (χ2v) is 7.04. The van der Waals surface area contributed by atoms with Crippen molar-refractivity contribution in [2.45, 2.75) is 6.92 Å². The summed E-state index contributed by atoms with van der Waals surface area (Å²) in [5, 5.41) is 3.04. The van der Waals surface area contributed by atoms with E-state index in [2.05, 4.69) is 10.3 Å². The number of halogens is 1. The molecule has 2 aromatic carbocycles. The molecule has 7 heteroatoms. The molecule has 0 radical (unpaired) electrons. The molecular weight excluding hydrogens is 353 g/mol. The molecule has 0 spiro atoms. The van der Waals surface area contributed by atoms with Gasteiger partial charge in [0, 0.05) is 12.6 Å². The van der Waals surface area contributed by atoms with E-state index in [1.807, 2.05) is 25.1 Å². The Hall–Kier alpha value is -2.93. The van der Waals surface area contributed by atoms with E-state index in [4.69, 9.17) is 0 Å². The van der Waals surface area contributed by atoms with Gasteiger partial charge in [-0.2, -0.15) is 0 Å². The van der Waals surface area contributed by atoms with Crippen LogP contribution in [0.2, 0.25) is 0 Å². The Labute approximate surface area is 153 Å². The van der Waals surface area contributed by atoms with Gasteiger partial charge in [0.2, 0.25) is 0 Å². The van der Waals surface area contributed by atoms with Crippen LogP contribution in [0.3, 0.4) is 0 Å². The number of hydrogen-bond acceptors (Lipinski definition) is 4. The van der Waals surface area contributed by atoms with Gasteiger partial charge in [0.1, 0.15) is 5.82 Å². The van der Waals surface area contributed by atoms with Crippen molar-refractivity contribution in [3.63, 3.8) is 0 Å². The number of aliphatic imine (C=N–C) groups is 1. The monoisotopic (exact) mass is 367 g/mol. The Morgan fingerprint density at radius 3 is 2.58 bits per heavy atom. The summed E-state index contributed by atoms with van der Waals surface area (Å²) < 4.78 is 13.0. The van der Waals surface area contributed by atoms with Gasteiger partial charge in [-0.05, 0) is 55.1 Å². The number of carbonyl (C=O) groups is 2. The van der Waals surface area contributed by atoms with Crippen LogP contribution in [0.5, 0.6) is 0 Å². The van der Waals surface area contributed by atoms with Crippen molar-refractivity contribution in [2.24, 2.45) is 4.99 Å². The van der Waals surface area contributed by atoms with E-state index in [1.165, 1.54) is 24.3 Å². The third-order valence-electron chi connectivity index (χ3n) is 4.21. The predicted molar refractivity (Wildman–Crippen MR) is 101 cm³/mol. The van der Waals surface area contributed by atoms with Crippen molar-refractivity contribution in [1.82, 2.24) is 5.32 Å². The molecule has 0 aromatic heterocycles. The van der Waals surface area contributed by atoms with Gasteiger partial charge in [0.05, 0.1) is 21.9 Å². The molecule has 0 saturated carbocycles. The van der Waals surface area contributed by atoms with Crippen LogP contribution in [0.1, 0.15) is 11.1 Å². The molecule has 130 valence electrons. The second-order valence-electron chi connectivity index (χ2n) is 6.04. The molecule has 1 N–H and O–H groups in total. The van der Waals surface area contributed by atoms with Gasteiger partial charge in [-0.25, -0.2) is 9.38 Å². The molecule has 2 aliphatic heterocycles. The van der Waals surface area contributed by atoms with E-state index in [-0.39, 0.29) is 17.6 Å². The molecular formula is C19H14FN3O2S. The molecule has 2 aromatic rings. The van der Waals surface area contributed by atoms with Gasteiger partial charge >= 0.3 is 0 Å². The van der Waals surface area contributed by atoms with Crippen LogP contribution >= 0.6 is 11.8 Å². The van der Waals surface area contributed by atoms with Crippen molar-refractivity contribution in [1.29, 1.82) is 0 Å². The van der Waals surface area contributed by atoms with Gasteiger partial charge in [-0.3, -0.25) is 9.59 Å². The molecule has 26 heavy (non-hydrogen) atoms. The molecule has 5 nitrogen and oxygen atoms in total.